The molecule has 23 heavy (non-hydrogen) atoms. The van der Waals surface area contributed by atoms with E-state index in [9.17, 15) is 14.9 Å². The zero-order chi connectivity index (χ0) is 17.0. The Hall–Kier alpha value is -3.09. The zero-order valence-corrected chi connectivity index (χ0v) is 13.0. The van der Waals surface area contributed by atoms with Gasteiger partial charge in [0.15, 0.2) is 0 Å². The van der Waals surface area contributed by atoms with E-state index in [-0.39, 0.29) is 11.3 Å². The second kappa shape index (κ2) is 6.78. The van der Waals surface area contributed by atoms with Crippen molar-refractivity contribution in [2.75, 3.05) is 19.5 Å². The Balaban J connectivity index is 2.29. The van der Waals surface area contributed by atoms with Crippen LogP contribution in [0.1, 0.15) is 15.9 Å². The van der Waals surface area contributed by atoms with Crippen LogP contribution < -0.4 is 14.8 Å². The van der Waals surface area contributed by atoms with Crippen molar-refractivity contribution in [3.8, 4) is 11.5 Å². The Morgan fingerprint density at radius 3 is 2.48 bits per heavy atom. The highest BCUT2D eigenvalue weighted by atomic mass is 16.6. The molecule has 120 valence electrons. The average Bonchev–Trinajstić information content (AvgIpc) is 2.55. The average molecular weight is 316 g/mol. The number of hydrogen-bond acceptors (Lipinski definition) is 5. The standard InChI is InChI=1S/C16H16N2O5/c1-10-4-5-11(8-14(10)18(20)21)16(19)17-13-7-6-12(22-2)9-15(13)23-3/h4-9H,1-3H3,(H,17,19). The number of hydrogen-bond donors (Lipinski definition) is 1. The van der Waals surface area contributed by atoms with Crippen molar-refractivity contribution < 1.29 is 19.2 Å². The van der Waals surface area contributed by atoms with Gasteiger partial charge in [-0.15, -0.1) is 0 Å². The van der Waals surface area contributed by atoms with Crippen LogP contribution in [0, 0.1) is 17.0 Å². The van der Waals surface area contributed by atoms with Gasteiger partial charge in [0.25, 0.3) is 11.6 Å². The van der Waals surface area contributed by atoms with Gasteiger partial charge in [0.1, 0.15) is 11.5 Å². The predicted molar refractivity (Wildman–Crippen MR) is 85.3 cm³/mol. The van der Waals surface area contributed by atoms with Crippen LogP contribution in [-0.4, -0.2) is 25.1 Å². The van der Waals surface area contributed by atoms with Gasteiger partial charge in [-0.1, -0.05) is 6.07 Å². The number of ether oxygens (including phenoxy) is 2. The molecule has 0 atom stereocenters. The second-order valence-electron chi connectivity index (χ2n) is 4.78. The van der Waals surface area contributed by atoms with Crippen LogP contribution in [0.15, 0.2) is 36.4 Å². The highest BCUT2D eigenvalue weighted by molar-refractivity contribution is 6.05. The molecule has 0 aliphatic heterocycles. The number of methoxy groups -OCH3 is 2. The number of nitrogens with zero attached hydrogens (tertiary/aromatic N) is 1. The highest BCUT2D eigenvalue weighted by Crippen LogP contribution is 2.29. The van der Waals surface area contributed by atoms with E-state index in [1.807, 2.05) is 0 Å². The van der Waals surface area contributed by atoms with E-state index in [4.69, 9.17) is 9.47 Å². The number of anilines is 1. The largest absolute Gasteiger partial charge is 0.497 e. The summed E-state index contributed by atoms with van der Waals surface area (Å²) in [4.78, 5) is 22.8. The Kier molecular flexibility index (Phi) is 4.80. The lowest BCUT2D eigenvalue weighted by Crippen LogP contribution is -2.13. The fraction of sp³-hybridized carbons (Fsp3) is 0.188. The Bertz CT molecular complexity index is 758. The first-order valence-electron chi connectivity index (χ1n) is 6.74. The SMILES string of the molecule is COc1ccc(NC(=O)c2ccc(C)c([N+](=O)[O-])c2)c(OC)c1. The quantitative estimate of drug-likeness (QED) is 0.676. The lowest BCUT2D eigenvalue weighted by Gasteiger charge is -2.11. The summed E-state index contributed by atoms with van der Waals surface area (Å²) >= 11 is 0. The molecular formula is C16H16N2O5. The maximum Gasteiger partial charge on any atom is 0.273 e. The first kappa shape index (κ1) is 16.3. The van der Waals surface area contributed by atoms with Crippen LogP contribution in [0.4, 0.5) is 11.4 Å². The minimum atomic E-state index is -0.514. The molecule has 0 aromatic heterocycles. The van der Waals surface area contributed by atoms with Crippen molar-refractivity contribution in [2.24, 2.45) is 0 Å². The molecule has 0 saturated carbocycles. The summed E-state index contributed by atoms with van der Waals surface area (Å²) in [7, 11) is 3.00. The van der Waals surface area contributed by atoms with Crippen molar-refractivity contribution in [1.82, 2.24) is 0 Å². The van der Waals surface area contributed by atoms with Crippen molar-refractivity contribution in [1.29, 1.82) is 0 Å². The van der Waals surface area contributed by atoms with Crippen LogP contribution in [0.2, 0.25) is 0 Å². The number of nitro groups is 1. The summed E-state index contributed by atoms with van der Waals surface area (Å²) in [6, 6.07) is 9.27. The third-order valence-corrected chi connectivity index (χ3v) is 3.32. The molecule has 1 amide bonds. The van der Waals surface area contributed by atoms with E-state index in [0.29, 0.717) is 22.7 Å². The number of nitro benzene ring substituents is 1. The summed E-state index contributed by atoms with van der Waals surface area (Å²) < 4.78 is 10.3. The topological polar surface area (TPSA) is 90.7 Å². The van der Waals surface area contributed by atoms with Crippen molar-refractivity contribution >= 4 is 17.3 Å². The van der Waals surface area contributed by atoms with Gasteiger partial charge in [-0.25, -0.2) is 0 Å². The molecule has 0 heterocycles. The second-order valence-corrected chi connectivity index (χ2v) is 4.78. The Morgan fingerprint density at radius 1 is 1.13 bits per heavy atom. The molecule has 2 rings (SSSR count). The number of carbonyl (C=O) groups is 1. The molecule has 0 radical (unpaired) electrons. The summed E-state index contributed by atoms with van der Waals surface area (Å²) in [6.07, 6.45) is 0. The van der Waals surface area contributed by atoms with Gasteiger partial charge in [0.05, 0.1) is 24.8 Å². The minimum absolute atomic E-state index is 0.0978. The zero-order valence-electron chi connectivity index (χ0n) is 13.0. The molecular weight excluding hydrogens is 300 g/mol. The van der Waals surface area contributed by atoms with Gasteiger partial charge in [-0.2, -0.15) is 0 Å². The molecule has 7 nitrogen and oxygen atoms in total. The maximum atomic E-state index is 12.3. The summed E-state index contributed by atoms with van der Waals surface area (Å²) in [5.41, 5.74) is 1.04. The molecule has 0 aliphatic rings. The molecule has 0 fully saturated rings. The van der Waals surface area contributed by atoms with Crippen molar-refractivity contribution in [3.63, 3.8) is 0 Å². The van der Waals surface area contributed by atoms with Crippen LogP contribution in [-0.2, 0) is 0 Å². The summed E-state index contributed by atoms with van der Waals surface area (Å²) in [5.74, 6) is 0.557. The smallest absolute Gasteiger partial charge is 0.273 e. The molecule has 2 aromatic rings. The van der Waals surface area contributed by atoms with E-state index in [1.54, 1.807) is 25.1 Å². The molecule has 0 unspecified atom stereocenters. The van der Waals surface area contributed by atoms with Gasteiger partial charge >= 0.3 is 0 Å². The highest BCUT2D eigenvalue weighted by Gasteiger charge is 2.16. The molecule has 0 saturated heterocycles. The minimum Gasteiger partial charge on any atom is -0.497 e. The normalized spacial score (nSPS) is 10.0. The van der Waals surface area contributed by atoms with Gasteiger partial charge in [0.2, 0.25) is 0 Å². The van der Waals surface area contributed by atoms with Gasteiger partial charge in [-0.05, 0) is 25.1 Å². The summed E-state index contributed by atoms with van der Waals surface area (Å²) in [6.45, 7) is 1.62. The van der Waals surface area contributed by atoms with Gasteiger partial charge in [-0.3, -0.25) is 14.9 Å². The van der Waals surface area contributed by atoms with E-state index in [1.165, 1.54) is 32.4 Å². The number of aryl methyl sites for hydroxylation is 1. The summed E-state index contributed by atoms with van der Waals surface area (Å²) in [5, 5.41) is 13.6. The van der Waals surface area contributed by atoms with E-state index in [0.717, 1.165) is 0 Å². The molecule has 0 spiro atoms. The van der Waals surface area contributed by atoms with Crippen molar-refractivity contribution in [3.05, 3.63) is 57.6 Å². The predicted octanol–water partition coefficient (Wildman–Crippen LogP) is 3.17. The third kappa shape index (κ3) is 3.57. The Labute approximate surface area is 133 Å². The van der Waals surface area contributed by atoms with Crippen LogP contribution in [0.25, 0.3) is 0 Å². The van der Waals surface area contributed by atoms with Crippen LogP contribution in [0.5, 0.6) is 11.5 Å². The molecule has 0 bridgehead atoms. The lowest BCUT2D eigenvalue weighted by molar-refractivity contribution is -0.385. The number of nitrogens with one attached hydrogen (secondary N) is 1. The van der Waals surface area contributed by atoms with Gasteiger partial charge < -0.3 is 14.8 Å². The van der Waals surface area contributed by atoms with Crippen LogP contribution >= 0.6 is 0 Å². The third-order valence-electron chi connectivity index (χ3n) is 3.32. The maximum absolute atomic E-state index is 12.3. The van der Waals surface area contributed by atoms with E-state index >= 15 is 0 Å². The lowest BCUT2D eigenvalue weighted by atomic mass is 10.1. The Morgan fingerprint density at radius 2 is 1.87 bits per heavy atom. The number of carbonyl (C=O) groups excluding carboxylic acids is 1. The van der Waals surface area contributed by atoms with Crippen LogP contribution in [0.3, 0.4) is 0 Å². The molecule has 7 heteroatoms. The molecule has 1 N–H and O–H groups in total. The molecule has 2 aromatic carbocycles. The first-order chi connectivity index (χ1) is 11.0. The number of benzene rings is 2. The fourth-order valence-corrected chi connectivity index (χ4v) is 2.04. The number of amides is 1. The van der Waals surface area contributed by atoms with Crippen molar-refractivity contribution in [2.45, 2.75) is 6.92 Å². The fourth-order valence-electron chi connectivity index (χ4n) is 2.04. The van der Waals surface area contributed by atoms with E-state index in [2.05, 4.69) is 5.32 Å². The number of rotatable bonds is 5. The molecule has 0 aliphatic carbocycles. The van der Waals surface area contributed by atoms with Gasteiger partial charge in [0, 0.05) is 23.3 Å². The monoisotopic (exact) mass is 316 g/mol. The first-order valence-corrected chi connectivity index (χ1v) is 6.74. The van der Waals surface area contributed by atoms with E-state index < -0.39 is 10.8 Å².